The van der Waals surface area contributed by atoms with Crippen LogP contribution in [0.4, 0.5) is 0 Å². The third-order valence-corrected chi connectivity index (χ3v) is 7.46. The lowest BCUT2D eigenvalue weighted by molar-refractivity contribution is -0.135. The van der Waals surface area contributed by atoms with Crippen molar-refractivity contribution in [2.24, 2.45) is 4.99 Å². The fourth-order valence-corrected chi connectivity index (χ4v) is 5.69. The molecule has 0 spiro atoms. The molecular formula is C25H23N3O3S. The molecule has 1 amide bonds. The summed E-state index contributed by atoms with van der Waals surface area (Å²) in [5.74, 6) is 0.0829. The summed E-state index contributed by atoms with van der Waals surface area (Å²) in [5, 5.41) is 0. The van der Waals surface area contributed by atoms with Gasteiger partial charge >= 0.3 is 0 Å². The van der Waals surface area contributed by atoms with E-state index in [1.165, 1.54) is 5.56 Å². The molecule has 32 heavy (non-hydrogen) atoms. The van der Waals surface area contributed by atoms with Crippen molar-refractivity contribution in [3.05, 3.63) is 101 Å². The monoisotopic (exact) mass is 445 g/mol. The van der Waals surface area contributed by atoms with Crippen LogP contribution in [-0.4, -0.2) is 31.1 Å². The van der Waals surface area contributed by atoms with Crippen molar-refractivity contribution in [1.29, 1.82) is 0 Å². The maximum absolute atomic E-state index is 13.6. The van der Waals surface area contributed by atoms with Gasteiger partial charge in [0.15, 0.2) is 0 Å². The molecule has 0 radical (unpaired) electrons. The van der Waals surface area contributed by atoms with E-state index in [-0.39, 0.29) is 22.7 Å². The molecule has 2 unspecified atom stereocenters. The molecule has 2 atom stereocenters. The Bertz CT molecular complexity index is 1320. The van der Waals surface area contributed by atoms with Gasteiger partial charge in [-0.25, -0.2) is 8.42 Å². The minimum absolute atomic E-state index is 0.103. The average Bonchev–Trinajstić information content (AvgIpc) is 3.08. The highest BCUT2D eigenvalue weighted by atomic mass is 32.2. The SMILES string of the molecule is CC(N=C1NS(=O)(=O)c2ccccc21)C(=O)N1Cc2ccccc2CC1c1ccccc1. The summed E-state index contributed by atoms with van der Waals surface area (Å²) in [5.41, 5.74) is 3.93. The van der Waals surface area contributed by atoms with Gasteiger partial charge in [0, 0.05) is 12.1 Å². The van der Waals surface area contributed by atoms with Crippen LogP contribution in [0, 0.1) is 0 Å². The van der Waals surface area contributed by atoms with Crippen LogP contribution in [0.5, 0.6) is 0 Å². The summed E-state index contributed by atoms with van der Waals surface area (Å²) in [6.07, 6.45) is 0.727. The highest BCUT2D eigenvalue weighted by Gasteiger charge is 2.35. The Morgan fingerprint density at radius 1 is 0.969 bits per heavy atom. The van der Waals surface area contributed by atoms with E-state index in [4.69, 9.17) is 0 Å². The van der Waals surface area contributed by atoms with Gasteiger partial charge in [0.25, 0.3) is 10.0 Å². The molecule has 3 aromatic carbocycles. The van der Waals surface area contributed by atoms with Gasteiger partial charge in [0.2, 0.25) is 5.91 Å². The minimum atomic E-state index is -3.65. The van der Waals surface area contributed by atoms with Crippen molar-refractivity contribution in [3.8, 4) is 0 Å². The quantitative estimate of drug-likeness (QED) is 0.671. The first kappa shape index (κ1) is 20.5. The largest absolute Gasteiger partial charge is 0.329 e. The number of nitrogens with one attached hydrogen (secondary N) is 1. The van der Waals surface area contributed by atoms with Crippen molar-refractivity contribution in [2.75, 3.05) is 0 Å². The lowest BCUT2D eigenvalue weighted by atomic mass is 9.89. The van der Waals surface area contributed by atoms with Crippen LogP contribution in [0.3, 0.4) is 0 Å². The smallest absolute Gasteiger partial charge is 0.263 e. The number of amidine groups is 1. The topological polar surface area (TPSA) is 78.8 Å². The molecule has 0 fully saturated rings. The lowest BCUT2D eigenvalue weighted by Crippen LogP contribution is -2.43. The maximum Gasteiger partial charge on any atom is 0.263 e. The Kier molecular flexibility index (Phi) is 5.06. The van der Waals surface area contributed by atoms with E-state index in [1.807, 2.05) is 47.4 Å². The third-order valence-electron chi connectivity index (χ3n) is 6.06. The number of rotatable bonds is 3. The van der Waals surface area contributed by atoms with Gasteiger partial charge < -0.3 is 4.90 Å². The van der Waals surface area contributed by atoms with E-state index in [9.17, 15) is 13.2 Å². The van der Waals surface area contributed by atoms with Crippen LogP contribution >= 0.6 is 0 Å². The Morgan fingerprint density at radius 3 is 2.41 bits per heavy atom. The van der Waals surface area contributed by atoms with Gasteiger partial charge in [0.05, 0.1) is 10.9 Å². The Labute approximate surface area is 187 Å². The number of hydrogen-bond acceptors (Lipinski definition) is 4. The fraction of sp³-hybridized carbons (Fsp3) is 0.200. The van der Waals surface area contributed by atoms with E-state index in [1.54, 1.807) is 31.2 Å². The zero-order chi connectivity index (χ0) is 22.3. The normalized spacial score (nSPS) is 20.8. The summed E-state index contributed by atoms with van der Waals surface area (Å²) in [6.45, 7) is 2.21. The highest BCUT2D eigenvalue weighted by molar-refractivity contribution is 7.90. The molecule has 7 heteroatoms. The first-order valence-corrected chi connectivity index (χ1v) is 12.0. The summed E-state index contributed by atoms with van der Waals surface area (Å²) < 4.78 is 27.3. The zero-order valence-electron chi connectivity index (χ0n) is 17.6. The maximum atomic E-state index is 13.6. The summed E-state index contributed by atoms with van der Waals surface area (Å²) >= 11 is 0. The number of aliphatic imine (C=N–C) groups is 1. The van der Waals surface area contributed by atoms with Gasteiger partial charge in [-0.3, -0.25) is 14.5 Å². The van der Waals surface area contributed by atoms with Crippen LogP contribution in [0.15, 0.2) is 88.8 Å². The molecule has 2 aliphatic heterocycles. The standard InChI is InChI=1S/C25H23N3O3S/c1-17(26-24-21-13-7-8-14-23(21)32(30,31)27-24)25(29)28-16-20-12-6-5-11-19(20)15-22(28)18-9-3-2-4-10-18/h2-14,17,22H,15-16H2,1H3,(H,26,27). The van der Waals surface area contributed by atoms with Crippen LogP contribution in [0.1, 0.15) is 35.2 Å². The number of sulfonamides is 1. The van der Waals surface area contributed by atoms with Crippen LogP contribution in [0.25, 0.3) is 0 Å². The number of benzene rings is 3. The highest BCUT2D eigenvalue weighted by Crippen LogP contribution is 2.34. The Balaban J connectivity index is 1.49. The van der Waals surface area contributed by atoms with Gasteiger partial charge in [-0.15, -0.1) is 0 Å². The van der Waals surface area contributed by atoms with Gasteiger partial charge in [-0.1, -0.05) is 66.7 Å². The molecule has 1 N–H and O–H groups in total. The molecular weight excluding hydrogens is 422 g/mol. The molecule has 2 heterocycles. The van der Waals surface area contributed by atoms with E-state index >= 15 is 0 Å². The summed E-state index contributed by atoms with van der Waals surface area (Å²) in [7, 11) is -3.65. The number of nitrogens with zero attached hydrogens (tertiary/aromatic N) is 2. The number of hydrogen-bond donors (Lipinski definition) is 1. The minimum Gasteiger partial charge on any atom is -0.329 e. The van der Waals surface area contributed by atoms with Crippen molar-refractivity contribution in [1.82, 2.24) is 9.62 Å². The lowest BCUT2D eigenvalue weighted by Gasteiger charge is -2.38. The second-order valence-electron chi connectivity index (χ2n) is 8.12. The molecule has 0 saturated heterocycles. The molecule has 0 bridgehead atoms. The molecule has 5 rings (SSSR count). The second-order valence-corrected chi connectivity index (χ2v) is 9.77. The Morgan fingerprint density at radius 2 is 1.62 bits per heavy atom. The number of amides is 1. The fourth-order valence-electron chi connectivity index (χ4n) is 4.45. The molecule has 3 aromatic rings. The molecule has 6 nitrogen and oxygen atoms in total. The third kappa shape index (κ3) is 3.58. The second kappa shape index (κ2) is 7.91. The van der Waals surface area contributed by atoms with Crippen LogP contribution < -0.4 is 4.72 Å². The summed E-state index contributed by atoms with van der Waals surface area (Å²) in [4.78, 5) is 20.2. The van der Waals surface area contributed by atoms with Crippen molar-refractivity contribution >= 4 is 21.8 Å². The van der Waals surface area contributed by atoms with Crippen molar-refractivity contribution in [3.63, 3.8) is 0 Å². The van der Waals surface area contributed by atoms with E-state index in [0.717, 1.165) is 17.5 Å². The Hall–Kier alpha value is -3.45. The molecule has 0 aromatic heterocycles. The first-order valence-electron chi connectivity index (χ1n) is 10.6. The van der Waals surface area contributed by atoms with Gasteiger partial charge in [-0.05, 0) is 42.2 Å². The predicted octanol–water partition coefficient (Wildman–Crippen LogP) is 3.44. The first-order chi connectivity index (χ1) is 15.4. The summed E-state index contributed by atoms with van der Waals surface area (Å²) in [6, 6.07) is 24.0. The molecule has 0 aliphatic carbocycles. The van der Waals surface area contributed by atoms with E-state index in [2.05, 4.69) is 21.8 Å². The molecule has 2 aliphatic rings. The molecule has 162 valence electrons. The van der Waals surface area contributed by atoms with E-state index < -0.39 is 16.1 Å². The number of carbonyl (C=O) groups is 1. The average molecular weight is 446 g/mol. The van der Waals surface area contributed by atoms with Crippen molar-refractivity contribution < 1.29 is 13.2 Å². The van der Waals surface area contributed by atoms with E-state index in [0.29, 0.717) is 12.1 Å². The van der Waals surface area contributed by atoms with Gasteiger partial charge in [0.1, 0.15) is 11.9 Å². The zero-order valence-corrected chi connectivity index (χ0v) is 18.4. The van der Waals surface area contributed by atoms with Crippen LogP contribution in [-0.2, 0) is 27.8 Å². The van der Waals surface area contributed by atoms with Crippen molar-refractivity contribution in [2.45, 2.75) is 36.9 Å². The van der Waals surface area contributed by atoms with Crippen LogP contribution in [0.2, 0.25) is 0 Å². The number of carbonyl (C=O) groups excluding carboxylic acids is 1. The molecule has 0 saturated carbocycles. The van der Waals surface area contributed by atoms with Gasteiger partial charge in [-0.2, -0.15) is 0 Å². The number of fused-ring (bicyclic) bond motifs is 2. The predicted molar refractivity (Wildman–Crippen MR) is 123 cm³/mol.